The molecule has 5 nitrogen and oxygen atoms in total. The van der Waals surface area contributed by atoms with E-state index >= 15 is 0 Å². The van der Waals surface area contributed by atoms with Crippen molar-refractivity contribution in [3.63, 3.8) is 0 Å². The van der Waals surface area contributed by atoms with Crippen molar-refractivity contribution in [2.75, 3.05) is 11.9 Å². The molecule has 0 spiro atoms. The highest BCUT2D eigenvalue weighted by Gasteiger charge is 2.18. The number of carbonyl (C=O) groups excluding carboxylic acids is 1. The lowest BCUT2D eigenvalue weighted by Crippen LogP contribution is -2.33. The van der Waals surface area contributed by atoms with E-state index < -0.39 is 15.9 Å². The molecule has 2 rings (SSSR count). The van der Waals surface area contributed by atoms with Crippen molar-refractivity contribution in [1.29, 1.82) is 0 Å². The number of halogens is 1. The quantitative estimate of drug-likeness (QED) is 0.868. The summed E-state index contributed by atoms with van der Waals surface area (Å²) in [5.74, 6) is -0.450. The molecule has 0 unspecified atom stereocenters. The number of aryl methyl sites for hydroxylation is 1. The predicted octanol–water partition coefficient (Wildman–Crippen LogP) is 2.87. The highest BCUT2D eigenvalue weighted by molar-refractivity contribution is 7.89. The number of benzene rings is 2. The molecule has 0 radical (unpaired) electrons. The van der Waals surface area contributed by atoms with Gasteiger partial charge in [0.1, 0.15) is 4.90 Å². The Kier molecular flexibility index (Phi) is 5.41. The average molecular weight is 353 g/mol. The van der Waals surface area contributed by atoms with Crippen LogP contribution in [0.25, 0.3) is 0 Å². The molecule has 7 heteroatoms. The fourth-order valence-electron chi connectivity index (χ4n) is 1.98. The molecule has 0 atom stereocenters. The molecule has 0 bridgehead atoms. The maximum atomic E-state index is 12.2. The summed E-state index contributed by atoms with van der Waals surface area (Å²) in [6.45, 7) is 3.45. The second-order valence-electron chi connectivity index (χ2n) is 5.05. The summed E-state index contributed by atoms with van der Waals surface area (Å²) in [4.78, 5) is 11.9. The van der Waals surface area contributed by atoms with Crippen LogP contribution < -0.4 is 10.0 Å². The normalized spacial score (nSPS) is 11.3. The summed E-state index contributed by atoms with van der Waals surface area (Å²) >= 11 is 5.87. The maximum absolute atomic E-state index is 12.2. The standard InChI is InChI=1S/C16H17ClN2O3S/c1-11-6-5-8-14(12(11)2)19-16(20)10-18-23(21,22)15-9-4-3-7-13(15)17/h3-9,18H,10H2,1-2H3,(H,19,20). The first kappa shape index (κ1) is 17.5. The van der Waals surface area contributed by atoms with Crippen LogP contribution in [0.2, 0.25) is 5.02 Å². The number of hydrogen-bond donors (Lipinski definition) is 2. The second kappa shape index (κ2) is 7.12. The van der Waals surface area contributed by atoms with Crippen LogP contribution in [0.1, 0.15) is 11.1 Å². The Morgan fingerprint density at radius 3 is 2.48 bits per heavy atom. The molecule has 2 aromatic rings. The van der Waals surface area contributed by atoms with Gasteiger partial charge < -0.3 is 5.32 Å². The fraction of sp³-hybridized carbons (Fsp3) is 0.188. The summed E-state index contributed by atoms with van der Waals surface area (Å²) < 4.78 is 26.6. The number of carbonyl (C=O) groups is 1. The van der Waals surface area contributed by atoms with Gasteiger partial charge in [-0.1, -0.05) is 35.9 Å². The van der Waals surface area contributed by atoms with Gasteiger partial charge in [-0.25, -0.2) is 13.1 Å². The summed E-state index contributed by atoms with van der Waals surface area (Å²) in [6.07, 6.45) is 0. The average Bonchev–Trinajstić information content (AvgIpc) is 2.50. The van der Waals surface area contributed by atoms with Crippen molar-refractivity contribution in [3.8, 4) is 0 Å². The van der Waals surface area contributed by atoms with E-state index in [9.17, 15) is 13.2 Å². The van der Waals surface area contributed by atoms with Gasteiger partial charge in [-0.15, -0.1) is 0 Å². The second-order valence-corrected chi connectivity index (χ2v) is 7.19. The van der Waals surface area contributed by atoms with E-state index in [2.05, 4.69) is 10.0 Å². The Bertz CT molecular complexity index is 835. The third-order valence-corrected chi connectivity index (χ3v) is 5.33. The van der Waals surface area contributed by atoms with Crippen LogP contribution in [0.3, 0.4) is 0 Å². The van der Waals surface area contributed by atoms with E-state index in [1.54, 1.807) is 18.2 Å². The minimum absolute atomic E-state index is 0.0544. The minimum atomic E-state index is -3.84. The molecule has 0 aliphatic carbocycles. The Balaban J connectivity index is 2.04. The molecule has 122 valence electrons. The summed E-state index contributed by atoms with van der Waals surface area (Å²) in [7, 11) is -3.84. The van der Waals surface area contributed by atoms with Crippen molar-refractivity contribution in [3.05, 3.63) is 58.6 Å². The van der Waals surface area contributed by atoms with Crippen LogP contribution in [0.5, 0.6) is 0 Å². The van der Waals surface area contributed by atoms with Crippen LogP contribution in [0.4, 0.5) is 5.69 Å². The molecule has 0 saturated carbocycles. The lowest BCUT2D eigenvalue weighted by molar-refractivity contribution is -0.115. The Morgan fingerprint density at radius 1 is 1.09 bits per heavy atom. The first-order chi connectivity index (χ1) is 10.8. The number of anilines is 1. The van der Waals surface area contributed by atoms with Gasteiger partial charge in [-0.2, -0.15) is 0 Å². The molecular weight excluding hydrogens is 336 g/mol. The SMILES string of the molecule is Cc1cccc(NC(=O)CNS(=O)(=O)c2ccccc2Cl)c1C. The van der Waals surface area contributed by atoms with Crippen molar-refractivity contribution in [2.24, 2.45) is 0 Å². The van der Waals surface area contributed by atoms with E-state index in [-0.39, 0.29) is 16.5 Å². The highest BCUT2D eigenvalue weighted by atomic mass is 35.5. The van der Waals surface area contributed by atoms with Crippen LogP contribution in [-0.2, 0) is 14.8 Å². The largest absolute Gasteiger partial charge is 0.325 e. The van der Waals surface area contributed by atoms with Gasteiger partial charge in [0.05, 0.1) is 11.6 Å². The van der Waals surface area contributed by atoms with Gasteiger partial charge in [-0.3, -0.25) is 4.79 Å². The molecule has 0 heterocycles. The number of sulfonamides is 1. The van der Waals surface area contributed by atoms with Gasteiger partial charge in [0.2, 0.25) is 15.9 Å². The van der Waals surface area contributed by atoms with E-state index in [4.69, 9.17) is 11.6 Å². The number of hydrogen-bond acceptors (Lipinski definition) is 3. The van der Waals surface area contributed by atoms with Gasteiger partial charge in [-0.05, 0) is 43.2 Å². The highest BCUT2D eigenvalue weighted by Crippen LogP contribution is 2.20. The molecular formula is C16H17ClN2O3S. The smallest absolute Gasteiger partial charge is 0.242 e. The molecule has 2 N–H and O–H groups in total. The zero-order chi connectivity index (χ0) is 17.0. The summed E-state index contributed by atoms with van der Waals surface area (Å²) in [6, 6.07) is 11.6. The van der Waals surface area contributed by atoms with E-state index in [1.165, 1.54) is 12.1 Å². The van der Waals surface area contributed by atoms with Crippen molar-refractivity contribution >= 4 is 33.2 Å². The molecule has 1 amide bonds. The Morgan fingerprint density at radius 2 is 1.78 bits per heavy atom. The minimum Gasteiger partial charge on any atom is -0.325 e. The van der Waals surface area contributed by atoms with Gasteiger partial charge in [0.15, 0.2) is 0 Å². The molecule has 0 aliphatic rings. The van der Waals surface area contributed by atoms with Gasteiger partial charge >= 0.3 is 0 Å². The zero-order valence-electron chi connectivity index (χ0n) is 12.8. The van der Waals surface area contributed by atoms with Crippen molar-refractivity contribution < 1.29 is 13.2 Å². The number of amides is 1. The summed E-state index contributed by atoms with van der Waals surface area (Å²) in [5.41, 5.74) is 2.64. The lowest BCUT2D eigenvalue weighted by Gasteiger charge is -2.11. The van der Waals surface area contributed by atoms with Crippen LogP contribution >= 0.6 is 11.6 Å². The van der Waals surface area contributed by atoms with Crippen LogP contribution in [-0.4, -0.2) is 20.9 Å². The van der Waals surface area contributed by atoms with E-state index in [1.807, 2.05) is 26.0 Å². The Labute approximate surface area is 140 Å². The van der Waals surface area contributed by atoms with Crippen molar-refractivity contribution in [2.45, 2.75) is 18.7 Å². The molecule has 23 heavy (non-hydrogen) atoms. The molecule has 0 aliphatic heterocycles. The zero-order valence-corrected chi connectivity index (χ0v) is 14.3. The Hall–Kier alpha value is -1.89. The number of rotatable bonds is 5. The first-order valence-electron chi connectivity index (χ1n) is 6.91. The molecule has 0 fully saturated rings. The van der Waals surface area contributed by atoms with Crippen molar-refractivity contribution in [1.82, 2.24) is 4.72 Å². The third-order valence-electron chi connectivity index (χ3n) is 3.43. The van der Waals surface area contributed by atoms with E-state index in [0.29, 0.717) is 5.69 Å². The third kappa shape index (κ3) is 4.31. The summed E-state index contributed by atoms with van der Waals surface area (Å²) in [5, 5.41) is 2.80. The van der Waals surface area contributed by atoms with Crippen LogP contribution in [0.15, 0.2) is 47.4 Å². The van der Waals surface area contributed by atoms with Crippen LogP contribution in [0, 0.1) is 13.8 Å². The number of nitrogens with one attached hydrogen (secondary N) is 2. The molecule has 2 aromatic carbocycles. The molecule has 0 saturated heterocycles. The predicted molar refractivity (Wildman–Crippen MR) is 91.2 cm³/mol. The lowest BCUT2D eigenvalue weighted by atomic mass is 10.1. The monoisotopic (exact) mass is 352 g/mol. The fourth-order valence-corrected chi connectivity index (χ4v) is 3.48. The van der Waals surface area contributed by atoms with Gasteiger partial charge in [0, 0.05) is 5.69 Å². The first-order valence-corrected chi connectivity index (χ1v) is 8.77. The van der Waals surface area contributed by atoms with Gasteiger partial charge in [0.25, 0.3) is 0 Å². The topological polar surface area (TPSA) is 75.3 Å². The molecule has 0 aromatic heterocycles. The maximum Gasteiger partial charge on any atom is 0.242 e. The van der Waals surface area contributed by atoms with E-state index in [0.717, 1.165) is 11.1 Å².